The van der Waals surface area contributed by atoms with E-state index < -0.39 is 11.9 Å². The molecule has 0 bridgehead atoms. The molecule has 1 unspecified atom stereocenters. The van der Waals surface area contributed by atoms with E-state index in [0.717, 1.165) is 21.8 Å². The van der Waals surface area contributed by atoms with Gasteiger partial charge in [0.05, 0.1) is 17.0 Å². The summed E-state index contributed by atoms with van der Waals surface area (Å²) in [6.07, 6.45) is 0. The highest BCUT2D eigenvalue weighted by Gasteiger charge is 2.20. The predicted octanol–water partition coefficient (Wildman–Crippen LogP) is 3.65. The van der Waals surface area contributed by atoms with Crippen molar-refractivity contribution in [2.75, 3.05) is 13.6 Å². The molecule has 0 saturated carbocycles. The molecule has 0 aliphatic rings. The van der Waals surface area contributed by atoms with Gasteiger partial charge in [0.1, 0.15) is 0 Å². The maximum atomic E-state index is 12.8. The quantitative estimate of drug-likeness (QED) is 0.608. The van der Waals surface area contributed by atoms with Gasteiger partial charge in [-0.05, 0) is 23.8 Å². The Morgan fingerprint density at radius 1 is 1.19 bits per heavy atom. The number of carbonyl (C=O) groups excluding carboxylic acids is 1. The van der Waals surface area contributed by atoms with Gasteiger partial charge in [0.2, 0.25) is 0 Å². The standard InChI is InChI=1S/C20H21N3O3S/c1-13(19(25)26)11-23(2)18(24)15-8-4-3-7-14(15)12-27-20-21-16-9-5-6-10-17(16)22-20/h3-10,13H,11-12H2,1-2H3,(H,21,22)(H,25,26). The van der Waals surface area contributed by atoms with Crippen molar-refractivity contribution in [3.8, 4) is 0 Å². The minimum absolute atomic E-state index is 0.166. The lowest BCUT2D eigenvalue weighted by Gasteiger charge is -2.21. The Kier molecular flexibility index (Phi) is 5.81. The third-order valence-corrected chi connectivity index (χ3v) is 5.22. The molecule has 0 fully saturated rings. The van der Waals surface area contributed by atoms with Crippen molar-refractivity contribution >= 4 is 34.7 Å². The van der Waals surface area contributed by atoms with Crippen LogP contribution in [-0.2, 0) is 10.5 Å². The third-order valence-electron chi connectivity index (χ3n) is 4.30. The fraction of sp³-hybridized carbons (Fsp3) is 0.250. The number of carboxylic acids is 1. The molecule has 0 spiro atoms. The van der Waals surface area contributed by atoms with Crippen molar-refractivity contribution in [2.24, 2.45) is 5.92 Å². The monoisotopic (exact) mass is 383 g/mol. The van der Waals surface area contributed by atoms with E-state index in [0.29, 0.717) is 11.3 Å². The maximum absolute atomic E-state index is 12.8. The number of hydrogen-bond donors (Lipinski definition) is 2. The SMILES string of the molecule is CC(CN(C)C(=O)c1ccccc1CSc1nc2ccccc2[nH]1)C(=O)O. The highest BCUT2D eigenvalue weighted by Crippen LogP contribution is 2.25. The third kappa shape index (κ3) is 4.49. The van der Waals surface area contributed by atoms with Gasteiger partial charge in [-0.15, -0.1) is 0 Å². The average molecular weight is 383 g/mol. The van der Waals surface area contributed by atoms with E-state index in [9.17, 15) is 9.59 Å². The number of hydrogen-bond acceptors (Lipinski definition) is 4. The molecular weight excluding hydrogens is 362 g/mol. The Hall–Kier alpha value is -2.80. The van der Waals surface area contributed by atoms with E-state index in [1.807, 2.05) is 42.5 Å². The Balaban J connectivity index is 1.73. The van der Waals surface area contributed by atoms with E-state index in [-0.39, 0.29) is 12.5 Å². The van der Waals surface area contributed by atoms with E-state index >= 15 is 0 Å². The van der Waals surface area contributed by atoms with Gasteiger partial charge in [0.15, 0.2) is 5.16 Å². The number of rotatable bonds is 7. The lowest BCUT2D eigenvalue weighted by atomic mass is 10.1. The summed E-state index contributed by atoms with van der Waals surface area (Å²) in [5, 5.41) is 9.85. The van der Waals surface area contributed by atoms with E-state index in [1.54, 1.807) is 20.0 Å². The molecule has 6 nitrogen and oxygen atoms in total. The number of benzene rings is 2. The fourth-order valence-electron chi connectivity index (χ4n) is 2.78. The topological polar surface area (TPSA) is 86.3 Å². The largest absolute Gasteiger partial charge is 0.481 e. The lowest BCUT2D eigenvalue weighted by Crippen LogP contribution is -2.34. The minimum Gasteiger partial charge on any atom is -0.481 e. The van der Waals surface area contributed by atoms with Crippen molar-refractivity contribution in [1.82, 2.24) is 14.9 Å². The molecule has 0 saturated heterocycles. The second kappa shape index (κ2) is 8.26. The number of H-pyrrole nitrogens is 1. The zero-order chi connectivity index (χ0) is 19.4. The molecule has 1 amide bonds. The van der Waals surface area contributed by atoms with Crippen LogP contribution < -0.4 is 0 Å². The predicted molar refractivity (Wildman–Crippen MR) is 106 cm³/mol. The van der Waals surface area contributed by atoms with Gasteiger partial charge >= 0.3 is 5.97 Å². The first-order valence-corrected chi connectivity index (χ1v) is 9.58. The van der Waals surface area contributed by atoms with Crippen LogP contribution in [-0.4, -0.2) is 45.4 Å². The zero-order valence-electron chi connectivity index (χ0n) is 15.2. The molecule has 27 heavy (non-hydrogen) atoms. The normalized spacial score (nSPS) is 12.1. The number of carbonyl (C=O) groups is 2. The summed E-state index contributed by atoms with van der Waals surface area (Å²) < 4.78 is 0. The van der Waals surface area contributed by atoms with E-state index in [2.05, 4.69) is 9.97 Å². The number of nitrogens with zero attached hydrogens (tertiary/aromatic N) is 2. The second-order valence-corrected chi connectivity index (χ2v) is 7.39. The van der Waals surface area contributed by atoms with E-state index in [4.69, 9.17) is 5.11 Å². The molecule has 2 aromatic carbocycles. The van der Waals surface area contributed by atoms with Gasteiger partial charge in [-0.2, -0.15) is 0 Å². The number of aromatic amines is 1. The maximum Gasteiger partial charge on any atom is 0.308 e. The van der Waals surface area contributed by atoms with Gasteiger partial charge < -0.3 is 15.0 Å². The van der Waals surface area contributed by atoms with Crippen LogP contribution in [0.1, 0.15) is 22.8 Å². The number of amides is 1. The lowest BCUT2D eigenvalue weighted by molar-refractivity contribution is -0.141. The summed E-state index contributed by atoms with van der Waals surface area (Å²) in [5.74, 6) is -1.12. The van der Waals surface area contributed by atoms with Crippen LogP contribution >= 0.6 is 11.8 Å². The summed E-state index contributed by atoms with van der Waals surface area (Å²) in [7, 11) is 1.63. The summed E-state index contributed by atoms with van der Waals surface area (Å²) in [4.78, 5) is 33.1. The van der Waals surface area contributed by atoms with Gasteiger partial charge in [0.25, 0.3) is 5.91 Å². The Morgan fingerprint density at radius 3 is 2.63 bits per heavy atom. The Labute approximate surface area is 161 Å². The van der Waals surface area contributed by atoms with E-state index in [1.165, 1.54) is 16.7 Å². The van der Waals surface area contributed by atoms with Gasteiger partial charge in [-0.25, -0.2) is 4.98 Å². The molecule has 7 heteroatoms. The summed E-state index contributed by atoms with van der Waals surface area (Å²) in [6.45, 7) is 1.76. The molecule has 1 atom stereocenters. The number of aliphatic carboxylic acids is 1. The van der Waals surface area contributed by atoms with Crippen molar-refractivity contribution < 1.29 is 14.7 Å². The van der Waals surface area contributed by atoms with Crippen LogP contribution in [0.15, 0.2) is 53.7 Å². The first kappa shape index (κ1) is 19.0. The molecule has 3 aromatic rings. The molecule has 3 rings (SSSR count). The van der Waals surface area contributed by atoms with Crippen molar-refractivity contribution in [1.29, 1.82) is 0 Å². The van der Waals surface area contributed by atoms with Crippen LogP contribution in [0.3, 0.4) is 0 Å². The Bertz CT molecular complexity index is 937. The number of imidazole rings is 1. The zero-order valence-corrected chi connectivity index (χ0v) is 16.0. The van der Waals surface area contributed by atoms with Crippen molar-refractivity contribution in [3.63, 3.8) is 0 Å². The van der Waals surface area contributed by atoms with Crippen LogP contribution in [0.25, 0.3) is 11.0 Å². The number of para-hydroxylation sites is 2. The molecule has 0 aliphatic carbocycles. The van der Waals surface area contributed by atoms with Crippen LogP contribution in [0, 0.1) is 5.92 Å². The molecular formula is C20H21N3O3S. The smallest absolute Gasteiger partial charge is 0.308 e. The first-order valence-electron chi connectivity index (χ1n) is 8.59. The highest BCUT2D eigenvalue weighted by molar-refractivity contribution is 7.98. The van der Waals surface area contributed by atoms with Crippen LogP contribution in [0.5, 0.6) is 0 Å². The molecule has 0 aliphatic heterocycles. The number of fused-ring (bicyclic) bond motifs is 1. The molecule has 140 valence electrons. The highest BCUT2D eigenvalue weighted by atomic mass is 32.2. The minimum atomic E-state index is -0.914. The second-order valence-electron chi connectivity index (χ2n) is 6.43. The summed E-state index contributed by atoms with van der Waals surface area (Å²) in [6, 6.07) is 15.2. The number of thioether (sulfide) groups is 1. The van der Waals surface area contributed by atoms with Gasteiger partial charge in [0, 0.05) is 24.9 Å². The Morgan fingerprint density at radius 2 is 1.89 bits per heavy atom. The fourth-order valence-corrected chi connectivity index (χ4v) is 3.67. The van der Waals surface area contributed by atoms with Crippen LogP contribution in [0.4, 0.5) is 0 Å². The summed E-state index contributed by atoms with van der Waals surface area (Å²) in [5.41, 5.74) is 3.36. The summed E-state index contributed by atoms with van der Waals surface area (Å²) >= 11 is 1.53. The van der Waals surface area contributed by atoms with Crippen molar-refractivity contribution in [3.05, 3.63) is 59.7 Å². The molecule has 1 heterocycles. The first-order chi connectivity index (χ1) is 13.0. The molecule has 0 radical (unpaired) electrons. The number of carboxylic acid groups (broad SMARTS) is 1. The molecule has 2 N–H and O–H groups in total. The van der Waals surface area contributed by atoms with Crippen molar-refractivity contribution in [2.45, 2.75) is 17.8 Å². The average Bonchev–Trinajstić information content (AvgIpc) is 3.08. The molecule has 1 aromatic heterocycles. The number of aromatic nitrogens is 2. The van der Waals surface area contributed by atoms with Crippen LogP contribution in [0.2, 0.25) is 0 Å². The van der Waals surface area contributed by atoms with Gasteiger partial charge in [-0.1, -0.05) is 49.0 Å². The van der Waals surface area contributed by atoms with Gasteiger partial charge in [-0.3, -0.25) is 9.59 Å². The number of nitrogens with one attached hydrogen (secondary N) is 1.